The number of benzene rings is 2. The van der Waals surface area contributed by atoms with E-state index in [0.29, 0.717) is 48.7 Å². The minimum absolute atomic E-state index is 0.148. The molecule has 15 heteroatoms. The molecule has 0 amide bonds. The Kier molecular flexibility index (Phi) is 8.68. The Morgan fingerprint density at radius 1 is 0.972 bits per heavy atom. The molecule has 3 aromatic rings. The molecule has 36 heavy (non-hydrogen) atoms. The molecular formula is C21H21F6N5O2S2. The molecule has 1 heterocycles. The molecule has 0 saturated heterocycles. The fourth-order valence-electron chi connectivity index (χ4n) is 3.07. The van der Waals surface area contributed by atoms with E-state index in [2.05, 4.69) is 20.9 Å². The molecule has 196 valence electrons. The Morgan fingerprint density at radius 3 is 2.36 bits per heavy atom. The molecule has 0 bridgehead atoms. The molecule has 0 aliphatic carbocycles. The summed E-state index contributed by atoms with van der Waals surface area (Å²) in [6.07, 6.45) is -3.81. The van der Waals surface area contributed by atoms with Gasteiger partial charge in [-0.2, -0.15) is 17.6 Å². The maximum atomic E-state index is 14.6. The van der Waals surface area contributed by atoms with Crippen molar-refractivity contribution >= 4 is 37.9 Å². The lowest BCUT2D eigenvalue weighted by atomic mass is 10.1. The fraction of sp³-hybridized carbons (Fsp3) is 0.286. The molecule has 0 radical (unpaired) electrons. The number of hydrogen-bond donors (Lipinski definition) is 4. The van der Waals surface area contributed by atoms with Crippen molar-refractivity contribution in [3.05, 3.63) is 64.4 Å². The number of likely N-dealkylation sites (N-methyl/N-ethyl adjacent to an activating group) is 1. The van der Waals surface area contributed by atoms with Gasteiger partial charge in [0, 0.05) is 31.4 Å². The van der Waals surface area contributed by atoms with Gasteiger partial charge in [-0.15, -0.1) is 0 Å². The predicted molar refractivity (Wildman–Crippen MR) is 125 cm³/mol. The summed E-state index contributed by atoms with van der Waals surface area (Å²) in [5.41, 5.74) is -0.805. The van der Waals surface area contributed by atoms with Crippen molar-refractivity contribution in [3.8, 4) is 0 Å². The maximum Gasteiger partial charge on any atom is 0.416 e. The number of anilines is 3. The molecule has 3 rings (SSSR count). The van der Waals surface area contributed by atoms with Crippen molar-refractivity contribution in [2.45, 2.75) is 24.5 Å². The van der Waals surface area contributed by atoms with E-state index in [1.165, 1.54) is 6.07 Å². The van der Waals surface area contributed by atoms with E-state index in [4.69, 9.17) is 0 Å². The monoisotopic (exact) mass is 553 g/mol. The van der Waals surface area contributed by atoms with Crippen LogP contribution in [0.5, 0.6) is 0 Å². The van der Waals surface area contributed by atoms with Crippen LogP contribution < -0.4 is 20.7 Å². The van der Waals surface area contributed by atoms with Crippen LogP contribution in [0.3, 0.4) is 0 Å². The van der Waals surface area contributed by atoms with Crippen LogP contribution in [0.1, 0.15) is 18.1 Å². The number of thiazole rings is 1. The van der Waals surface area contributed by atoms with Gasteiger partial charge in [-0.3, -0.25) is 4.72 Å². The van der Waals surface area contributed by atoms with Crippen molar-refractivity contribution in [1.82, 2.24) is 10.3 Å². The van der Waals surface area contributed by atoms with Crippen LogP contribution in [0.2, 0.25) is 0 Å². The first-order valence-electron chi connectivity index (χ1n) is 10.4. The molecule has 0 saturated carbocycles. The lowest BCUT2D eigenvalue weighted by molar-refractivity contribution is -0.137. The van der Waals surface area contributed by atoms with Crippen LogP contribution in [-0.4, -0.2) is 33.0 Å². The Hall–Kier alpha value is -3.04. The van der Waals surface area contributed by atoms with Crippen LogP contribution in [-0.2, 0) is 22.7 Å². The first kappa shape index (κ1) is 27.5. The van der Waals surface area contributed by atoms with Crippen LogP contribution in [0.4, 0.5) is 42.8 Å². The van der Waals surface area contributed by atoms with E-state index in [-0.39, 0.29) is 17.4 Å². The molecule has 0 aliphatic rings. The number of rotatable bonds is 11. The zero-order valence-corrected chi connectivity index (χ0v) is 20.3. The number of aromatic nitrogens is 1. The summed E-state index contributed by atoms with van der Waals surface area (Å²) < 4.78 is 108. The van der Waals surface area contributed by atoms with E-state index in [1.807, 2.05) is 11.6 Å². The molecule has 0 fully saturated rings. The van der Waals surface area contributed by atoms with Gasteiger partial charge in [-0.1, -0.05) is 24.3 Å². The number of sulfonamides is 1. The van der Waals surface area contributed by atoms with Gasteiger partial charge in [0.2, 0.25) is 0 Å². The van der Waals surface area contributed by atoms with Gasteiger partial charge in [-0.05, 0) is 30.3 Å². The SMILES string of the molecule is CCNCCNc1cc(C(F)(F)F)ccc1CNc1cc(F)c(S(=O)(=O)Nc2ncc(F)s2)cc1F. The highest BCUT2D eigenvalue weighted by Gasteiger charge is 2.31. The third-order valence-corrected chi connectivity index (χ3v) is 6.97. The topological polar surface area (TPSA) is 95.1 Å². The van der Waals surface area contributed by atoms with Crippen LogP contribution >= 0.6 is 11.3 Å². The molecular weight excluding hydrogens is 532 g/mol. The number of nitrogens with one attached hydrogen (secondary N) is 4. The van der Waals surface area contributed by atoms with E-state index in [1.54, 1.807) is 0 Å². The molecule has 7 nitrogen and oxygen atoms in total. The van der Waals surface area contributed by atoms with Gasteiger partial charge in [0.15, 0.2) is 10.3 Å². The molecule has 0 atom stereocenters. The van der Waals surface area contributed by atoms with Gasteiger partial charge in [-0.25, -0.2) is 22.2 Å². The van der Waals surface area contributed by atoms with Gasteiger partial charge >= 0.3 is 6.18 Å². The third-order valence-electron chi connectivity index (χ3n) is 4.78. The number of hydrogen-bond acceptors (Lipinski definition) is 7. The summed E-state index contributed by atoms with van der Waals surface area (Å²) in [4.78, 5) is 2.44. The molecule has 0 spiro atoms. The maximum absolute atomic E-state index is 14.6. The smallest absolute Gasteiger partial charge is 0.383 e. The Bertz CT molecular complexity index is 1310. The van der Waals surface area contributed by atoms with Crippen molar-refractivity contribution in [3.63, 3.8) is 0 Å². The fourth-order valence-corrected chi connectivity index (χ4v) is 4.92. The minimum Gasteiger partial charge on any atom is -0.383 e. The number of nitrogens with zero attached hydrogens (tertiary/aromatic N) is 1. The van der Waals surface area contributed by atoms with Gasteiger partial charge < -0.3 is 16.0 Å². The average molecular weight is 554 g/mol. The second-order valence-electron chi connectivity index (χ2n) is 7.34. The summed E-state index contributed by atoms with van der Waals surface area (Å²) in [7, 11) is -4.61. The summed E-state index contributed by atoms with van der Waals surface area (Å²) in [5, 5.41) is 7.33. The molecule has 0 aliphatic heterocycles. The molecule has 2 aromatic carbocycles. The highest BCUT2D eigenvalue weighted by atomic mass is 32.2. The largest absolute Gasteiger partial charge is 0.416 e. The van der Waals surface area contributed by atoms with Crippen LogP contribution in [0.25, 0.3) is 0 Å². The van der Waals surface area contributed by atoms with Crippen LogP contribution in [0, 0.1) is 16.8 Å². The van der Waals surface area contributed by atoms with E-state index >= 15 is 0 Å². The summed E-state index contributed by atoms with van der Waals surface area (Å²) in [6.45, 7) is 3.15. The normalized spacial score (nSPS) is 12.0. The number of alkyl halides is 3. The Morgan fingerprint density at radius 2 is 1.72 bits per heavy atom. The third kappa shape index (κ3) is 7.01. The Labute approximate surface area is 207 Å². The van der Waals surface area contributed by atoms with Crippen molar-refractivity contribution < 1.29 is 34.8 Å². The van der Waals surface area contributed by atoms with Crippen molar-refractivity contribution in [1.29, 1.82) is 0 Å². The van der Waals surface area contributed by atoms with Gasteiger partial charge in [0.1, 0.15) is 16.5 Å². The highest BCUT2D eigenvalue weighted by Crippen LogP contribution is 2.33. The predicted octanol–water partition coefficient (Wildman–Crippen LogP) is 5.01. The van der Waals surface area contributed by atoms with E-state index in [9.17, 15) is 34.8 Å². The van der Waals surface area contributed by atoms with Gasteiger partial charge in [0.05, 0.1) is 17.4 Å². The van der Waals surface area contributed by atoms with Crippen molar-refractivity contribution in [2.24, 2.45) is 0 Å². The zero-order valence-electron chi connectivity index (χ0n) is 18.6. The quantitative estimate of drug-likeness (QED) is 0.197. The minimum atomic E-state index is -4.61. The zero-order chi connectivity index (χ0) is 26.5. The lowest BCUT2D eigenvalue weighted by Crippen LogP contribution is -2.22. The van der Waals surface area contributed by atoms with Crippen LogP contribution in [0.15, 0.2) is 41.4 Å². The van der Waals surface area contributed by atoms with E-state index < -0.39 is 49.1 Å². The second kappa shape index (κ2) is 11.3. The number of halogens is 6. The Balaban J connectivity index is 1.80. The summed E-state index contributed by atoms with van der Waals surface area (Å²) in [6, 6.07) is 4.03. The molecule has 1 aromatic heterocycles. The lowest BCUT2D eigenvalue weighted by Gasteiger charge is -2.17. The first-order chi connectivity index (χ1) is 16.9. The highest BCUT2D eigenvalue weighted by molar-refractivity contribution is 7.93. The average Bonchev–Trinajstić information content (AvgIpc) is 3.20. The second-order valence-corrected chi connectivity index (χ2v) is 9.97. The molecule has 0 unspecified atom stereocenters. The molecule has 4 N–H and O–H groups in total. The van der Waals surface area contributed by atoms with Crippen molar-refractivity contribution in [2.75, 3.05) is 35.0 Å². The van der Waals surface area contributed by atoms with E-state index in [0.717, 1.165) is 18.3 Å². The first-order valence-corrected chi connectivity index (χ1v) is 12.7. The summed E-state index contributed by atoms with van der Waals surface area (Å²) >= 11 is 0.363. The van der Waals surface area contributed by atoms with Gasteiger partial charge in [0.25, 0.3) is 10.0 Å². The summed E-state index contributed by atoms with van der Waals surface area (Å²) in [5.74, 6) is -2.43. The standard InChI is InChI=1S/C21H21F6N5O2S2/c1-2-28-5-6-29-16-7-13(21(25,26)27)4-3-12(16)10-30-17-8-15(23)18(9-14(17)22)36(33,34)32-20-31-11-19(24)35-20/h3-4,7-9,11,28-30H,2,5-6,10H2,1H3,(H,31,32).